The smallest absolute Gasteiger partial charge is 0.118 e. The fourth-order valence-electron chi connectivity index (χ4n) is 2.69. The Labute approximate surface area is 172 Å². The lowest BCUT2D eigenvalue weighted by molar-refractivity contribution is 0.414. The summed E-state index contributed by atoms with van der Waals surface area (Å²) in [5.41, 5.74) is 5.17. The van der Waals surface area contributed by atoms with Crippen LogP contribution in [-0.4, -0.2) is 19.9 Å². The molecular weight excluding hydrogens is 358 g/mol. The lowest BCUT2D eigenvalue weighted by Crippen LogP contribution is -1.88. The molecule has 0 spiro atoms. The molecule has 3 aromatic carbocycles. The van der Waals surface area contributed by atoms with E-state index in [2.05, 4.69) is 19.1 Å². The highest BCUT2D eigenvalue weighted by Crippen LogP contribution is 2.17. The summed E-state index contributed by atoms with van der Waals surface area (Å²) in [6.45, 7) is 2.07. The molecule has 146 valence electrons. The van der Waals surface area contributed by atoms with Gasteiger partial charge in [0.25, 0.3) is 0 Å². The summed E-state index contributed by atoms with van der Waals surface area (Å²) < 4.78 is 10.4. The van der Waals surface area contributed by atoms with Crippen molar-refractivity contribution in [1.29, 1.82) is 0 Å². The number of allylic oxidation sites excluding steroid dienone is 2. The van der Waals surface area contributed by atoms with Gasteiger partial charge in [-0.05, 0) is 66.6 Å². The van der Waals surface area contributed by atoms with Gasteiger partial charge in [-0.1, -0.05) is 54.1 Å². The van der Waals surface area contributed by atoms with E-state index in [9.17, 15) is 0 Å². The summed E-state index contributed by atoms with van der Waals surface area (Å²) in [4.78, 5) is 4.79. The van der Waals surface area contributed by atoms with Gasteiger partial charge in [-0.15, -0.1) is 0 Å². The number of nitrogens with zero attached hydrogens (tertiary/aromatic N) is 1. The first-order valence-corrected chi connectivity index (χ1v) is 9.46. The molecule has 0 amide bonds. The van der Waals surface area contributed by atoms with Crippen molar-refractivity contribution >= 4 is 23.6 Å². The molecular formula is C26H25NO2. The minimum Gasteiger partial charge on any atom is -0.497 e. The molecule has 0 aromatic heterocycles. The average Bonchev–Trinajstić information content (AvgIpc) is 2.77. The Hall–Kier alpha value is -3.59. The van der Waals surface area contributed by atoms with Gasteiger partial charge in [-0.2, -0.15) is 0 Å². The van der Waals surface area contributed by atoms with Gasteiger partial charge >= 0.3 is 0 Å². The van der Waals surface area contributed by atoms with Crippen molar-refractivity contribution in [2.45, 2.75) is 6.92 Å². The van der Waals surface area contributed by atoms with E-state index in [1.165, 1.54) is 5.56 Å². The molecule has 0 heterocycles. The van der Waals surface area contributed by atoms with E-state index in [-0.39, 0.29) is 0 Å². The van der Waals surface area contributed by atoms with Gasteiger partial charge in [-0.3, -0.25) is 0 Å². The van der Waals surface area contributed by atoms with E-state index in [1.54, 1.807) is 14.2 Å². The number of hydrogen-bond donors (Lipinski definition) is 0. The predicted molar refractivity (Wildman–Crippen MR) is 122 cm³/mol. The molecule has 3 heteroatoms. The SMILES string of the molecule is COc1ccc(/C=C/C(/C=C/c2ccc(OC)cc2)=Nc2ccc(C)cc2)cc1. The van der Waals surface area contributed by atoms with Crippen LogP contribution in [0.15, 0.2) is 89.9 Å². The molecule has 3 nitrogen and oxygen atoms in total. The van der Waals surface area contributed by atoms with Crippen LogP contribution in [0.1, 0.15) is 16.7 Å². The van der Waals surface area contributed by atoms with Crippen molar-refractivity contribution in [2.24, 2.45) is 4.99 Å². The van der Waals surface area contributed by atoms with E-state index in [0.29, 0.717) is 0 Å². The van der Waals surface area contributed by atoms with E-state index in [1.807, 2.05) is 85.0 Å². The van der Waals surface area contributed by atoms with Crippen molar-refractivity contribution in [3.63, 3.8) is 0 Å². The number of aryl methyl sites for hydroxylation is 1. The highest BCUT2D eigenvalue weighted by atomic mass is 16.5. The Balaban J connectivity index is 1.86. The largest absolute Gasteiger partial charge is 0.497 e. The normalized spacial score (nSPS) is 11.0. The number of ether oxygens (including phenoxy) is 2. The predicted octanol–water partition coefficient (Wildman–Crippen LogP) is 6.51. The quantitative estimate of drug-likeness (QED) is 0.435. The molecule has 0 saturated carbocycles. The molecule has 0 unspecified atom stereocenters. The number of methoxy groups -OCH3 is 2. The maximum Gasteiger partial charge on any atom is 0.118 e. The minimum atomic E-state index is 0.843. The van der Waals surface area contributed by atoms with Gasteiger partial charge in [0.05, 0.1) is 25.6 Å². The second kappa shape index (κ2) is 10.1. The number of benzene rings is 3. The molecule has 3 aromatic rings. The summed E-state index contributed by atoms with van der Waals surface area (Å²) in [7, 11) is 3.34. The van der Waals surface area contributed by atoms with Crippen LogP contribution in [0.3, 0.4) is 0 Å². The van der Waals surface area contributed by atoms with Gasteiger partial charge in [0.15, 0.2) is 0 Å². The topological polar surface area (TPSA) is 30.8 Å². The van der Waals surface area contributed by atoms with Crippen LogP contribution in [0.5, 0.6) is 11.5 Å². The van der Waals surface area contributed by atoms with Gasteiger partial charge in [-0.25, -0.2) is 4.99 Å². The molecule has 0 radical (unpaired) electrons. The zero-order chi connectivity index (χ0) is 20.5. The monoisotopic (exact) mass is 383 g/mol. The zero-order valence-electron chi connectivity index (χ0n) is 17.0. The van der Waals surface area contributed by atoms with E-state index >= 15 is 0 Å². The van der Waals surface area contributed by atoms with Crippen molar-refractivity contribution in [3.05, 3.63) is 102 Å². The molecule has 0 atom stereocenters. The van der Waals surface area contributed by atoms with Crippen molar-refractivity contribution in [1.82, 2.24) is 0 Å². The Bertz CT molecular complexity index is 937. The molecule has 0 bridgehead atoms. The van der Waals surface area contributed by atoms with Gasteiger partial charge < -0.3 is 9.47 Å². The summed E-state index contributed by atoms with van der Waals surface area (Å²) in [5.74, 6) is 1.69. The minimum absolute atomic E-state index is 0.843. The molecule has 0 aliphatic carbocycles. The first kappa shape index (κ1) is 20.2. The lowest BCUT2D eigenvalue weighted by atomic mass is 10.1. The van der Waals surface area contributed by atoms with Crippen LogP contribution >= 0.6 is 0 Å². The third kappa shape index (κ3) is 6.22. The fourth-order valence-corrected chi connectivity index (χ4v) is 2.69. The number of hydrogen-bond acceptors (Lipinski definition) is 3. The van der Waals surface area contributed by atoms with E-state index < -0.39 is 0 Å². The zero-order valence-corrected chi connectivity index (χ0v) is 17.0. The Morgan fingerprint density at radius 3 is 1.52 bits per heavy atom. The third-order valence-corrected chi connectivity index (χ3v) is 4.42. The second-order valence-corrected chi connectivity index (χ2v) is 6.59. The van der Waals surface area contributed by atoms with E-state index in [0.717, 1.165) is 34.0 Å². The highest BCUT2D eigenvalue weighted by Gasteiger charge is 1.96. The maximum absolute atomic E-state index is 5.22. The first-order chi connectivity index (χ1) is 14.2. The molecule has 0 N–H and O–H groups in total. The maximum atomic E-state index is 5.22. The standard InChI is InChI=1S/C26H25NO2/c1-20-4-12-23(13-5-20)27-24(14-6-21-8-16-25(28-2)17-9-21)15-7-22-10-18-26(29-3)19-11-22/h4-19H,1-3H3/b14-6+,15-7+. The fraction of sp³-hybridized carbons (Fsp3) is 0.115. The van der Waals surface area contributed by atoms with Gasteiger partial charge in [0.1, 0.15) is 11.5 Å². The molecule has 0 aliphatic heterocycles. The number of rotatable bonds is 7. The summed E-state index contributed by atoms with van der Waals surface area (Å²) >= 11 is 0. The molecule has 0 aliphatic rings. The summed E-state index contributed by atoms with van der Waals surface area (Å²) in [5, 5.41) is 0. The second-order valence-electron chi connectivity index (χ2n) is 6.59. The third-order valence-electron chi connectivity index (χ3n) is 4.42. The van der Waals surface area contributed by atoms with Crippen LogP contribution in [0.2, 0.25) is 0 Å². The first-order valence-electron chi connectivity index (χ1n) is 9.46. The summed E-state index contributed by atoms with van der Waals surface area (Å²) in [6.07, 6.45) is 8.12. The van der Waals surface area contributed by atoms with Crippen LogP contribution < -0.4 is 9.47 Å². The van der Waals surface area contributed by atoms with Crippen molar-refractivity contribution in [3.8, 4) is 11.5 Å². The molecule has 0 saturated heterocycles. The van der Waals surface area contributed by atoms with Crippen molar-refractivity contribution < 1.29 is 9.47 Å². The van der Waals surface area contributed by atoms with Crippen LogP contribution in [0, 0.1) is 6.92 Å². The lowest BCUT2D eigenvalue weighted by Gasteiger charge is -2.01. The van der Waals surface area contributed by atoms with E-state index in [4.69, 9.17) is 14.5 Å². The molecule has 29 heavy (non-hydrogen) atoms. The number of aliphatic imine (C=N–C) groups is 1. The van der Waals surface area contributed by atoms with Crippen LogP contribution in [0.4, 0.5) is 5.69 Å². The van der Waals surface area contributed by atoms with Crippen molar-refractivity contribution in [2.75, 3.05) is 14.2 Å². The van der Waals surface area contributed by atoms with Gasteiger partial charge in [0, 0.05) is 0 Å². The van der Waals surface area contributed by atoms with Gasteiger partial charge in [0.2, 0.25) is 0 Å². The molecule has 0 fully saturated rings. The Morgan fingerprint density at radius 2 is 1.10 bits per heavy atom. The average molecular weight is 383 g/mol. The Kier molecular flexibility index (Phi) is 7.01. The molecule has 3 rings (SSSR count). The van der Waals surface area contributed by atoms with Crippen LogP contribution in [0.25, 0.3) is 12.2 Å². The van der Waals surface area contributed by atoms with Crippen LogP contribution in [-0.2, 0) is 0 Å². The Morgan fingerprint density at radius 1 is 0.655 bits per heavy atom. The summed E-state index contributed by atoms with van der Waals surface area (Å²) in [6, 6.07) is 24.1. The highest BCUT2D eigenvalue weighted by molar-refractivity contribution is 6.09.